The monoisotopic (exact) mass is 275 g/mol. The van der Waals surface area contributed by atoms with E-state index >= 15 is 0 Å². The zero-order valence-corrected chi connectivity index (χ0v) is 12.0. The third kappa shape index (κ3) is 2.85. The molecule has 1 aliphatic carbocycles. The summed E-state index contributed by atoms with van der Waals surface area (Å²) < 4.78 is 31.0. The molecule has 0 N–H and O–H groups in total. The normalized spacial score (nSPS) is 26.3. The molecule has 0 unspecified atom stereocenters. The first-order chi connectivity index (χ1) is 8.22. The molecular weight excluding hydrogens is 254 g/mol. The van der Waals surface area contributed by atoms with Gasteiger partial charge in [0.1, 0.15) is 11.6 Å². The highest BCUT2D eigenvalue weighted by atomic mass is 32.2. The Morgan fingerprint density at radius 2 is 1.83 bits per heavy atom. The van der Waals surface area contributed by atoms with E-state index in [0.29, 0.717) is 13.0 Å². The average Bonchev–Trinajstić information content (AvgIpc) is 2.93. The van der Waals surface area contributed by atoms with Crippen LogP contribution in [0.3, 0.4) is 0 Å². The molecule has 1 saturated carbocycles. The zero-order valence-electron chi connectivity index (χ0n) is 11.2. The molecule has 1 saturated heterocycles. The van der Waals surface area contributed by atoms with Gasteiger partial charge in [0.15, 0.2) is 0 Å². The fraction of sp³-hybridized carbons (Fsp3) is 0.917. The van der Waals surface area contributed by atoms with Crippen molar-refractivity contribution in [3.8, 4) is 0 Å². The highest BCUT2D eigenvalue weighted by Crippen LogP contribution is 2.35. The molecule has 1 atom stereocenters. The van der Waals surface area contributed by atoms with Crippen molar-refractivity contribution >= 4 is 16.0 Å². The van der Waals surface area contributed by atoms with Crippen LogP contribution < -0.4 is 0 Å². The maximum absolute atomic E-state index is 12.2. The fourth-order valence-electron chi connectivity index (χ4n) is 2.21. The van der Waals surface area contributed by atoms with Crippen molar-refractivity contribution in [3.05, 3.63) is 0 Å². The molecule has 1 aliphatic heterocycles. The standard InChI is InChI=1S/C12H21NO4S/c1-12(2,3)17-11(14)10-5-4-8-13(10)18(15,16)9-6-7-9/h9-10H,4-8H2,1-3H3/t10-/m0/s1. The van der Waals surface area contributed by atoms with Gasteiger partial charge in [-0.2, -0.15) is 4.31 Å². The molecule has 104 valence electrons. The summed E-state index contributed by atoms with van der Waals surface area (Å²) in [5.41, 5.74) is -0.575. The predicted molar refractivity (Wildman–Crippen MR) is 67.5 cm³/mol. The van der Waals surface area contributed by atoms with Crippen LogP contribution in [0.4, 0.5) is 0 Å². The van der Waals surface area contributed by atoms with Crippen LogP contribution in [0.15, 0.2) is 0 Å². The number of carbonyl (C=O) groups is 1. The van der Waals surface area contributed by atoms with Gasteiger partial charge in [0, 0.05) is 6.54 Å². The highest BCUT2D eigenvalue weighted by Gasteiger charge is 2.47. The summed E-state index contributed by atoms with van der Waals surface area (Å²) in [7, 11) is -3.28. The van der Waals surface area contributed by atoms with Gasteiger partial charge in [-0.3, -0.25) is 4.79 Å². The highest BCUT2D eigenvalue weighted by molar-refractivity contribution is 7.90. The Hall–Kier alpha value is -0.620. The molecule has 0 spiro atoms. The van der Waals surface area contributed by atoms with Gasteiger partial charge in [0.2, 0.25) is 10.0 Å². The van der Waals surface area contributed by atoms with E-state index in [9.17, 15) is 13.2 Å². The lowest BCUT2D eigenvalue weighted by Crippen LogP contribution is -2.44. The van der Waals surface area contributed by atoms with Crippen molar-refractivity contribution < 1.29 is 17.9 Å². The third-order valence-corrected chi connectivity index (χ3v) is 5.56. The molecule has 6 heteroatoms. The first-order valence-electron chi connectivity index (χ1n) is 6.45. The molecule has 5 nitrogen and oxygen atoms in total. The maximum atomic E-state index is 12.2. The van der Waals surface area contributed by atoms with Crippen molar-refractivity contribution in [1.82, 2.24) is 4.31 Å². The quantitative estimate of drug-likeness (QED) is 0.728. The Morgan fingerprint density at radius 3 is 2.33 bits per heavy atom. The molecule has 2 fully saturated rings. The van der Waals surface area contributed by atoms with Gasteiger partial charge in [-0.1, -0.05) is 0 Å². The Balaban J connectivity index is 2.10. The number of rotatable bonds is 3. The van der Waals surface area contributed by atoms with E-state index in [1.807, 2.05) is 0 Å². The number of hydrogen-bond donors (Lipinski definition) is 0. The average molecular weight is 275 g/mol. The molecule has 0 aromatic rings. The molecule has 0 bridgehead atoms. The van der Waals surface area contributed by atoms with Gasteiger partial charge in [-0.25, -0.2) is 8.42 Å². The summed E-state index contributed by atoms with van der Waals surface area (Å²) in [6, 6.07) is -0.616. The molecule has 18 heavy (non-hydrogen) atoms. The van der Waals surface area contributed by atoms with E-state index in [1.165, 1.54) is 4.31 Å². The van der Waals surface area contributed by atoms with E-state index < -0.39 is 27.6 Å². The van der Waals surface area contributed by atoms with E-state index in [4.69, 9.17) is 4.74 Å². The first-order valence-corrected chi connectivity index (χ1v) is 7.96. The summed E-state index contributed by atoms with van der Waals surface area (Å²) in [4.78, 5) is 12.0. The number of ether oxygens (including phenoxy) is 1. The molecule has 2 aliphatic rings. The molecule has 1 heterocycles. The smallest absolute Gasteiger partial charge is 0.324 e. The van der Waals surface area contributed by atoms with E-state index in [1.54, 1.807) is 20.8 Å². The minimum atomic E-state index is -3.28. The largest absolute Gasteiger partial charge is 0.459 e. The second kappa shape index (κ2) is 4.49. The lowest BCUT2D eigenvalue weighted by Gasteiger charge is -2.26. The molecule has 0 amide bonds. The number of hydrogen-bond acceptors (Lipinski definition) is 4. The summed E-state index contributed by atoms with van der Waals surface area (Å²) in [5.74, 6) is -0.413. The van der Waals surface area contributed by atoms with Gasteiger partial charge >= 0.3 is 5.97 Å². The van der Waals surface area contributed by atoms with E-state index in [-0.39, 0.29) is 5.25 Å². The minimum Gasteiger partial charge on any atom is -0.459 e. The topological polar surface area (TPSA) is 63.7 Å². The Morgan fingerprint density at radius 1 is 1.22 bits per heavy atom. The lowest BCUT2D eigenvalue weighted by atomic mass is 10.2. The van der Waals surface area contributed by atoms with Crippen LogP contribution in [-0.2, 0) is 19.6 Å². The van der Waals surface area contributed by atoms with Crippen molar-refractivity contribution in [3.63, 3.8) is 0 Å². The van der Waals surface area contributed by atoms with Gasteiger partial charge < -0.3 is 4.74 Å². The summed E-state index contributed by atoms with van der Waals surface area (Å²) in [6.45, 7) is 5.82. The van der Waals surface area contributed by atoms with E-state index in [2.05, 4.69) is 0 Å². The van der Waals surface area contributed by atoms with Crippen LogP contribution in [0.5, 0.6) is 0 Å². The Kier molecular flexibility index (Phi) is 3.44. The predicted octanol–water partition coefficient (Wildman–Crippen LogP) is 1.28. The number of nitrogens with zero attached hydrogens (tertiary/aromatic N) is 1. The van der Waals surface area contributed by atoms with Crippen molar-refractivity contribution in [2.24, 2.45) is 0 Å². The van der Waals surface area contributed by atoms with Crippen LogP contribution >= 0.6 is 0 Å². The minimum absolute atomic E-state index is 0.263. The molecule has 0 radical (unpaired) electrons. The van der Waals surface area contributed by atoms with Crippen molar-refractivity contribution in [2.75, 3.05) is 6.54 Å². The second-order valence-electron chi connectivity index (χ2n) is 6.05. The van der Waals surface area contributed by atoms with Gasteiger partial charge in [0.05, 0.1) is 5.25 Å². The van der Waals surface area contributed by atoms with Gasteiger partial charge in [0.25, 0.3) is 0 Å². The van der Waals surface area contributed by atoms with Crippen LogP contribution in [0.1, 0.15) is 46.5 Å². The van der Waals surface area contributed by atoms with Crippen LogP contribution in [0, 0.1) is 0 Å². The Bertz CT molecular complexity index is 433. The maximum Gasteiger partial charge on any atom is 0.324 e. The van der Waals surface area contributed by atoms with Crippen molar-refractivity contribution in [1.29, 1.82) is 0 Å². The second-order valence-corrected chi connectivity index (χ2v) is 8.21. The summed E-state index contributed by atoms with van der Waals surface area (Å²) in [5, 5.41) is -0.263. The number of esters is 1. The SMILES string of the molecule is CC(C)(C)OC(=O)[C@@H]1CCCN1S(=O)(=O)C1CC1. The van der Waals surface area contributed by atoms with Crippen LogP contribution in [0.2, 0.25) is 0 Å². The number of carbonyl (C=O) groups excluding carboxylic acids is 1. The molecule has 0 aromatic heterocycles. The van der Waals surface area contributed by atoms with E-state index in [0.717, 1.165) is 19.3 Å². The third-order valence-electron chi connectivity index (χ3n) is 3.16. The lowest BCUT2D eigenvalue weighted by molar-refractivity contribution is -0.158. The molecule has 2 rings (SSSR count). The fourth-order valence-corrected chi connectivity index (χ4v) is 4.25. The van der Waals surface area contributed by atoms with Gasteiger partial charge in [-0.15, -0.1) is 0 Å². The molecule has 0 aromatic carbocycles. The van der Waals surface area contributed by atoms with Crippen LogP contribution in [-0.4, -0.2) is 42.1 Å². The van der Waals surface area contributed by atoms with Gasteiger partial charge in [-0.05, 0) is 46.5 Å². The molecular formula is C12H21NO4S. The number of sulfonamides is 1. The summed E-state index contributed by atoms with van der Waals surface area (Å²) in [6.07, 6.45) is 2.75. The first kappa shape index (κ1) is 13.8. The zero-order chi connectivity index (χ0) is 13.6. The van der Waals surface area contributed by atoms with Crippen molar-refractivity contribution in [2.45, 2.75) is 63.3 Å². The Labute approximate surface area is 109 Å². The van der Waals surface area contributed by atoms with Crippen LogP contribution in [0.25, 0.3) is 0 Å². The summed E-state index contributed by atoms with van der Waals surface area (Å²) >= 11 is 0.